The molecule has 9 heteroatoms. The average molecular weight is 585 g/mol. The number of aryl methyl sites for hydroxylation is 1. The summed E-state index contributed by atoms with van der Waals surface area (Å²) >= 11 is 0. The second-order valence-electron chi connectivity index (χ2n) is 11.7. The highest BCUT2D eigenvalue weighted by Gasteiger charge is 2.52. The molecule has 40 heavy (non-hydrogen) atoms. The minimum atomic E-state index is -4.02. The van der Waals surface area contributed by atoms with Gasteiger partial charge in [-0.1, -0.05) is 99.1 Å². The Morgan fingerprint density at radius 3 is 1.93 bits per heavy atom. The third-order valence-electron chi connectivity index (χ3n) is 7.19. The first kappa shape index (κ1) is 30.6. The van der Waals surface area contributed by atoms with Crippen LogP contribution in [0.25, 0.3) is 0 Å². The summed E-state index contributed by atoms with van der Waals surface area (Å²) in [6.45, 7) is 11.5. The lowest BCUT2D eigenvalue weighted by molar-refractivity contribution is -0.158. The highest BCUT2D eigenvalue weighted by Crippen LogP contribution is 2.38. The molecule has 3 atom stereocenters. The molecule has 1 heterocycles. The Labute approximate surface area is 239 Å². The fourth-order valence-corrected chi connectivity index (χ4v) is 10.8. The molecule has 0 radical (unpaired) electrons. The maximum atomic E-state index is 12.8. The normalized spacial score (nSPS) is 20.4. The maximum absolute atomic E-state index is 12.8. The zero-order valence-electron chi connectivity index (χ0n) is 24.0. The fraction of sp³-hybridized carbons (Fsp3) is 0.419. The van der Waals surface area contributed by atoms with E-state index in [1.54, 1.807) is 26.0 Å². The molecular weight excluding hydrogens is 544 g/mol. The number of aliphatic hydroxyl groups is 1. The van der Waals surface area contributed by atoms with Crippen LogP contribution in [-0.4, -0.2) is 59.2 Å². The lowest BCUT2D eigenvalue weighted by Crippen LogP contribution is -2.67. The minimum absolute atomic E-state index is 0.0292. The SMILES string of the molecule is Cc1ccc(S(=O)(=O)OCC2OC(C)(C)O[C@@H]2[C@H](O)CO[Si](c2ccccc2)(c2ccccc2)C(C)(C)C)cc1. The van der Waals surface area contributed by atoms with Crippen molar-refractivity contribution in [2.75, 3.05) is 13.2 Å². The topological polar surface area (TPSA) is 91.3 Å². The first-order valence-electron chi connectivity index (χ1n) is 13.5. The number of rotatable bonds is 10. The summed E-state index contributed by atoms with van der Waals surface area (Å²) in [6.07, 6.45) is -2.78. The number of ether oxygens (including phenoxy) is 2. The summed E-state index contributed by atoms with van der Waals surface area (Å²) in [7, 11) is -6.92. The molecule has 3 aromatic carbocycles. The van der Waals surface area contributed by atoms with E-state index in [0.29, 0.717) is 0 Å². The Morgan fingerprint density at radius 2 is 1.43 bits per heavy atom. The molecule has 0 saturated carbocycles. The number of hydrogen-bond acceptors (Lipinski definition) is 7. The van der Waals surface area contributed by atoms with E-state index < -0.39 is 42.5 Å². The van der Waals surface area contributed by atoms with Gasteiger partial charge in [0, 0.05) is 0 Å². The smallest absolute Gasteiger partial charge is 0.297 e. The molecule has 1 aliphatic rings. The highest BCUT2D eigenvalue weighted by molar-refractivity contribution is 7.86. The zero-order valence-corrected chi connectivity index (χ0v) is 25.9. The van der Waals surface area contributed by atoms with Gasteiger partial charge in [-0.05, 0) is 48.3 Å². The van der Waals surface area contributed by atoms with Crippen LogP contribution >= 0.6 is 0 Å². The second-order valence-corrected chi connectivity index (χ2v) is 17.7. The van der Waals surface area contributed by atoms with Gasteiger partial charge in [-0.25, -0.2) is 0 Å². The molecule has 1 saturated heterocycles. The predicted octanol–water partition coefficient (Wildman–Crippen LogP) is 4.16. The Hall–Kier alpha value is -2.37. The van der Waals surface area contributed by atoms with Crippen molar-refractivity contribution >= 4 is 28.8 Å². The predicted molar refractivity (Wildman–Crippen MR) is 158 cm³/mol. The molecule has 1 aliphatic heterocycles. The summed E-state index contributed by atoms with van der Waals surface area (Å²) in [6, 6.07) is 26.7. The van der Waals surface area contributed by atoms with Gasteiger partial charge in [0.2, 0.25) is 0 Å². The molecule has 216 valence electrons. The molecule has 1 fully saturated rings. The summed E-state index contributed by atoms with van der Waals surface area (Å²) in [5.41, 5.74) is 0.942. The van der Waals surface area contributed by atoms with E-state index >= 15 is 0 Å². The van der Waals surface area contributed by atoms with Crippen LogP contribution < -0.4 is 10.4 Å². The van der Waals surface area contributed by atoms with Crippen molar-refractivity contribution in [3.8, 4) is 0 Å². The fourth-order valence-electron chi connectivity index (χ4n) is 5.31. The molecule has 0 bridgehead atoms. The van der Waals surface area contributed by atoms with Gasteiger partial charge in [-0.2, -0.15) is 8.42 Å². The first-order chi connectivity index (χ1) is 18.8. The van der Waals surface area contributed by atoms with Crippen LogP contribution in [0.15, 0.2) is 89.8 Å². The Bertz CT molecular complexity index is 1310. The quantitative estimate of drug-likeness (QED) is 0.283. The van der Waals surface area contributed by atoms with Crippen molar-refractivity contribution in [2.24, 2.45) is 0 Å². The van der Waals surface area contributed by atoms with Crippen molar-refractivity contribution in [2.45, 2.75) is 75.6 Å². The van der Waals surface area contributed by atoms with Crippen molar-refractivity contribution < 1.29 is 31.6 Å². The molecule has 0 aliphatic carbocycles. The van der Waals surface area contributed by atoms with Gasteiger partial charge in [0.1, 0.15) is 18.3 Å². The Balaban J connectivity index is 1.57. The van der Waals surface area contributed by atoms with Gasteiger partial charge in [-0.15, -0.1) is 0 Å². The van der Waals surface area contributed by atoms with E-state index in [9.17, 15) is 13.5 Å². The van der Waals surface area contributed by atoms with Crippen LogP contribution in [0.2, 0.25) is 5.04 Å². The van der Waals surface area contributed by atoms with Crippen LogP contribution in [0, 0.1) is 6.92 Å². The molecule has 4 rings (SSSR count). The Morgan fingerprint density at radius 1 is 0.900 bits per heavy atom. The molecule has 1 unspecified atom stereocenters. The van der Waals surface area contributed by atoms with Crippen molar-refractivity contribution in [3.63, 3.8) is 0 Å². The lowest BCUT2D eigenvalue weighted by Gasteiger charge is -2.43. The van der Waals surface area contributed by atoms with Gasteiger partial charge in [0.25, 0.3) is 18.4 Å². The summed E-state index contributed by atoms with van der Waals surface area (Å²) < 4.78 is 49.9. The van der Waals surface area contributed by atoms with E-state index in [2.05, 4.69) is 45.0 Å². The monoisotopic (exact) mass is 584 g/mol. The van der Waals surface area contributed by atoms with E-state index in [-0.39, 0.29) is 23.1 Å². The molecule has 0 spiro atoms. The molecule has 1 N–H and O–H groups in total. The summed E-state index contributed by atoms with van der Waals surface area (Å²) in [4.78, 5) is 0.0587. The number of benzene rings is 3. The summed E-state index contributed by atoms with van der Waals surface area (Å²) in [5.74, 6) is -1.04. The lowest BCUT2D eigenvalue weighted by atomic mass is 10.1. The summed E-state index contributed by atoms with van der Waals surface area (Å²) in [5, 5.41) is 13.4. The molecule has 7 nitrogen and oxygen atoms in total. The first-order valence-corrected chi connectivity index (χ1v) is 16.8. The largest absolute Gasteiger partial charge is 0.405 e. The van der Waals surface area contributed by atoms with Crippen molar-refractivity contribution in [3.05, 3.63) is 90.5 Å². The van der Waals surface area contributed by atoms with E-state index in [4.69, 9.17) is 18.1 Å². The van der Waals surface area contributed by atoms with Crippen LogP contribution in [-0.2, 0) is 28.2 Å². The van der Waals surface area contributed by atoms with Crippen LogP contribution in [0.3, 0.4) is 0 Å². The third kappa shape index (κ3) is 6.57. The standard InChI is InChI=1S/C31H40O7SSi/c1-23-17-19-24(20-18-23)39(33,34)35-22-28-29(38-31(5,6)37-28)27(32)21-36-40(30(2,3)4,25-13-9-7-10-14-25)26-15-11-8-12-16-26/h7-20,27-29,32H,21-22H2,1-6H3/t27-,28?,29-/m1/s1. The minimum Gasteiger partial charge on any atom is -0.405 e. The van der Waals surface area contributed by atoms with Gasteiger partial charge in [0.05, 0.1) is 18.1 Å². The van der Waals surface area contributed by atoms with Gasteiger partial charge < -0.3 is 19.0 Å². The third-order valence-corrected chi connectivity index (χ3v) is 13.5. The van der Waals surface area contributed by atoms with Crippen LogP contribution in [0.5, 0.6) is 0 Å². The van der Waals surface area contributed by atoms with E-state index in [0.717, 1.165) is 15.9 Å². The Kier molecular flexibility index (Phi) is 9.06. The highest BCUT2D eigenvalue weighted by atomic mass is 32.2. The molecule has 0 aromatic heterocycles. The molecular formula is C31H40O7SSi. The van der Waals surface area contributed by atoms with E-state index in [1.165, 1.54) is 12.1 Å². The maximum Gasteiger partial charge on any atom is 0.297 e. The van der Waals surface area contributed by atoms with Gasteiger partial charge >= 0.3 is 0 Å². The van der Waals surface area contributed by atoms with Crippen molar-refractivity contribution in [1.29, 1.82) is 0 Å². The molecule has 3 aromatic rings. The van der Waals surface area contributed by atoms with Crippen LogP contribution in [0.4, 0.5) is 0 Å². The van der Waals surface area contributed by atoms with Gasteiger partial charge in [-0.3, -0.25) is 4.18 Å². The van der Waals surface area contributed by atoms with E-state index in [1.807, 2.05) is 43.3 Å². The average Bonchev–Trinajstić information content (AvgIpc) is 3.23. The molecule has 0 amide bonds. The number of hydrogen-bond donors (Lipinski definition) is 1. The van der Waals surface area contributed by atoms with Crippen molar-refractivity contribution in [1.82, 2.24) is 0 Å². The second kappa shape index (κ2) is 11.9. The zero-order chi connectivity index (χ0) is 29.2. The number of aliphatic hydroxyl groups excluding tert-OH is 1. The van der Waals surface area contributed by atoms with Gasteiger partial charge in [0.15, 0.2) is 5.79 Å². The van der Waals surface area contributed by atoms with Crippen LogP contribution in [0.1, 0.15) is 40.2 Å².